The van der Waals surface area contributed by atoms with Gasteiger partial charge >= 0.3 is 0 Å². The Labute approximate surface area is 173 Å². The predicted octanol–water partition coefficient (Wildman–Crippen LogP) is 2.92. The van der Waals surface area contributed by atoms with E-state index in [2.05, 4.69) is 9.44 Å². The molecular formula is C20H18F2N2O4S2. The smallest absolute Gasteiger partial charge is 0.207 e. The third-order valence-electron chi connectivity index (χ3n) is 4.24. The van der Waals surface area contributed by atoms with Crippen molar-refractivity contribution < 1.29 is 25.6 Å². The van der Waals surface area contributed by atoms with Crippen LogP contribution >= 0.6 is 0 Å². The number of halogens is 2. The van der Waals surface area contributed by atoms with Crippen LogP contribution in [0, 0.1) is 11.6 Å². The molecule has 0 fully saturated rings. The lowest BCUT2D eigenvalue weighted by Gasteiger charge is -2.12. The third-order valence-corrected chi connectivity index (χ3v) is 7.03. The van der Waals surface area contributed by atoms with Gasteiger partial charge in [-0.05, 0) is 47.5 Å². The first-order valence-electron chi connectivity index (χ1n) is 8.75. The molecule has 0 aromatic heterocycles. The zero-order valence-electron chi connectivity index (χ0n) is 15.5. The molecule has 6 nitrogen and oxygen atoms in total. The molecule has 30 heavy (non-hydrogen) atoms. The third kappa shape index (κ3) is 5.48. The van der Waals surface area contributed by atoms with Crippen molar-refractivity contribution in [1.29, 1.82) is 0 Å². The first-order chi connectivity index (χ1) is 14.2. The Bertz CT molecular complexity index is 1160. The first-order valence-corrected chi connectivity index (χ1v) is 11.7. The van der Waals surface area contributed by atoms with Gasteiger partial charge in [0.1, 0.15) is 11.6 Å². The number of sulfonamides is 2. The number of rotatable bonds is 8. The van der Waals surface area contributed by atoms with Gasteiger partial charge in [0, 0.05) is 13.1 Å². The summed E-state index contributed by atoms with van der Waals surface area (Å²) in [6, 6.07) is 15.8. The molecule has 0 spiro atoms. The van der Waals surface area contributed by atoms with Crippen molar-refractivity contribution in [3.05, 3.63) is 95.6 Å². The standard InChI is InChI=1S/C20H18F2N2O4S2/c21-17-7-3-9-19(11-17)29(25,26)23-13-15-5-1-2-6-16(15)14-24-30(27,28)20-10-4-8-18(22)12-20/h1-12,23-24H,13-14H2. The Balaban J connectivity index is 1.73. The molecule has 10 heteroatoms. The second kappa shape index (κ2) is 9.00. The lowest BCUT2D eigenvalue weighted by atomic mass is 10.1. The fourth-order valence-corrected chi connectivity index (χ4v) is 4.76. The highest BCUT2D eigenvalue weighted by Gasteiger charge is 2.17. The molecule has 3 rings (SSSR count). The van der Waals surface area contributed by atoms with Crippen molar-refractivity contribution >= 4 is 20.0 Å². The molecule has 0 unspecified atom stereocenters. The van der Waals surface area contributed by atoms with Crippen LogP contribution in [0.25, 0.3) is 0 Å². The molecular weight excluding hydrogens is 434 g/mol. The largest absolute Gasteiger partial charge is 0.240 e. The number of hydrogen-bond acceptors (Lipinski definition) is 4. The van der Waals surface area contributed by atoms with Crippen LogP contribution in [0.4, 0.5) is 8.78 Å². The van der Waals surface area contributed by atoms with Crippen molar-refractivity contribution in [1.82, 2.24) is 9.44 Å². The summed E-state index contributed by atoms with van der Waals surface area (Å²) in [5.74, 6) is -1.35. The monoisotopic (exact) mass is 452 g/mol. The zero-order chi connectivity index (χ0) is 21.8. The summed E-state index contributed by atoms with van der Waals surface area (Å²) in [6.07, 6.45) is 0. The van der Waals surface area contributed by atoms with Gasteiger partial charge < -0.3 is 0 Å². The summed E-state index contributed by atoms with van der Waals surface area (Å²) >= 11 is 0. The van der Waals surface area contributed by atoms with E-state index in [0.29, 0.717) is 11.1 Å². The minimum atomic E-state index is -3.96. The molecule has 3 aromatic carbocycles. The molecule has 0 saturated carbocycles. The van der Waals surface area contributed by atoms with Gasteiger partial charge in [0.2, 0.25) is 20.0 Å². The number of nitrogens with one attached hydrogen (secondary N) is 2. The number of benzene rings is 3. The summed E-state index contributed by atoms with van der Waals surface area (Å²) < 4.78 is 80.9. The Morgan fingerprint density at radius 2 is 1.00 bits per heavy atom. The maximum absolute atomic E-state index is 13.3. The second-order valence-corrected chi connectivity index (χ2v) is 9.87. The van der Waals surface area contributed by atoms with Crippen molar-refractivity contribution in [2.75, 3.05) is 0 Å². The van der Waals surface area contributed by atoms with Crippen LogP contribution in [0.5, 0.6) is 0 Å². The maximum Gasteiger partial charge on any atom is 0.240 e. The molecule has 3 aromatic rings. The molecule has 2 N–H and O–H groups in total. The molecule has 0 aliphatic rings. The highest BCUT2D eigenvalue weighted by molar-refractivity contribution is 7.89. The van der Waals surface area contributed by atoms with Crippen molar-refractivity contribution in [3.63, 3.8) is 0 Å². The molecule has 0 heterocycles. The van der Waals surface area contributed by atoms with Gasteiger partial charge in [0.25, 0.3) is 0 Å². The summed E-state index contributed by atoms with van der Waals surface area (Å²) in [7, 11) is -7.92. The van der Waals surface area contributed by atoms with Crippen LogP contribution in [-0.2, 0) is 33.1 Å². The first kappa shape index (κ1) is 22.0. The van der Waals surface area contributed by atoms with E-state index in [1.54, 1.807) is 24.3 Å². The molecule has 0 bridgehead atoms. The van der Waals surface area contributed by atoms with Gasteiger partial charge in [0.05, 0.1) is 9.79 Å². The summed E-state index contributed by atoms with van der Waals surface area (Å²) in [5.41, 5.74) is 1.05. The molecule has 0 saturated heterocycles. The van der Waals surface area contributed by atoms with Crippen LogP contribution in [0.1, 0.15) is 11.1 Å². The van der Waals surface area contributed by atoms with Crippen LogP contribution in [0.2, 0.25) is 0 Å². The van der Waals surface area contributed by atoms with E-state index in [9.17, 15) is 25.6 Å². The van der Waals surface area contributed by atoms with Gasteiger partial charge in [-0.15, -0.1) is 0 Å². The summed E-state index contributed by atoms with van der Waals surface area (Å²) in [5, 5.41) is 0. The van der Waals surface area contributed by atoms with Gasteiger partial charge in [-0.25, -0.2) is 35.1 Å². The van der Waals surface area contributed by atoms with E-state index in [1.807, 2.05) is 0 Å². The van der Waals surface area contributed by atoms with Gasteiger partial charge in [-0.3, -0.25) is 0 Å². The Hall–Kier alpha value is -2.66. The van der Waals surface area contributed by atoms with E-state index >= 15 is 0 Å². The zero-order valence-corrected chi connectivity index (χ0v) is 17.2. The van der Waals surface area contributed by atoms with Crippen LogP contribution < -0.4 is 9.44 Å². The normalized spacial score (nSPS) is 12.1. The van der Waals surface area contributed by atoms with E-state index in [0.717, 1.165) is 24.3 Å². The SMILES string of the molecule is O=S(=O)(NCc1ccccc1CNS(=O)(=O)c1cccc(F)c1)c1cccc(F)c1. The van der Waals surface area contributed by atoms with Crippen LogP contribution in [0.3, 0.4) is 0 Å². The second-order valence-electron chi connectivity index (χ2n) is 6.33. The van der Waals surface area contributed by atoms with Crippen molar-refractivity contribution in [2.45, 2.75) is 22.9 Å². The molecule has 0 atom stereocenters. The molecule has 0 amide bonds. The Kier molecular flexibility index (Phi) is 6.61. The number of hydrogen-bond donors (Lipinski definition) is 2. The van der Waals surface area contributed by atoms with Gasteiger partial charge in [0.15, 0.2) is 0 Å². The molecule has 0 radical (unpaired) electrons. The van der Waals surface area contributed by atoms with E-state index in [-0.39, 0.29) is 22.9 Å². The maximum atomic E-state index is 13.3. The highest BCUT2D eigenvalue weighted by atomic mass is 32.2. The van der Waals surface area contributed by atoms with Crippen LogP contribution in [0.15, 0.2) is 82.6 Å². The van der Waals surface area contributed by atoms with E-state index in [1.165, 1.54) is 24.3 Å². The Morgan fingerprint density at radius 1 is 0.600 bits per heavy atom. The Morgan fingerprint density at radius 3 is 1.37 bits per heavy atom. The minimum absolute atomic E-state index is 0.128. The summed E-state index contributed by atoms with van der Waals surface area (Å²) in [4.78, 5) is -0.432. The van der Waals surface area contributed by atoms with Gasteiger partial charge in [-0.2, -0.15) is 0 Å². The van der Waals surface area contributed by atoms with Gasteiger partial charge in [-0.1, -0.05) is 36.4 Å². The average molecular weight is 453 g/mol. The fourth-order valence-electron chi connectivity index (χ4n) is 2.68. The molecule has 0 aliphatic heterocycles. The molecule has 0 aliphatic carbocycles. The van der Waals surface area contributed by atoms with E-state index < -0.39 is 31.7 Å². The lowest BCUT2D eigenvalue weighted by Crippen LogP contribution is -2.26. The van der Waals surface area contributed by atoms with Crippen LogP contribution in [-0.4, -0.2) is 16.8 Å². The highest BCUT2D eigenvalue weighted by Crippen LogP contribution is 2.15. The van der Waals surface area contributed by atoms with Crippen molar-refractivity contribution in [2.24, 2.45) is 0 Å². The predicted molar refractivity (Wildman–Crippen MR) is 107 cm³/mol. The summed E-state index contributed by atoms with van der Waals surface area (Å²) in [6.45, 7) is -0.257. The quantitative estimate of drug-likeness (QED) is 0.550. The topological polar surface area (TPSA) is 92.3 Å². The molecule has 158 valence electrons. The average Bonchev–Trinajstić information content (AvgIpc) is 2.71. The fraction of sp³-hybridized carbons (Fsp3) is 0.100. The lowest BCUT2D eigenvalue weighted by molar-refractivity contribution is 0.574. The van der Waals surface area contributed by atoms with Crippen molar-refractivity contribution in [3.8, 4) is 0 Å². The minimum Gasteiger partial charge on any atom is -0.207 e. The van der Waals surface area contributed by atoms with E-state index in [4.69, 9.17) is 0 Å².